The molecule has 162 valence electrons. The number of amides is 1. The van der Waals surface area contributed by atoms with Crippen molar-refractivity contribution in [3.05, 3.63) is 97.5 Å². The number of hydrogen-bond donors (Lipinski definition) is 2. The van der Waals surface area contributed by atoms with Crippen LogP contribution in [0.5, 0.6) is 5.75 Å². The Morgan fingerprint density at radius 3 is 2.12 bits per heavy atom. The molecule has 0 radical (unpaired) electrons. The van der Waals surface area contributed by atoms with Gasteiger partial charge in [0.25, 0.3) is 11.7 Å². The predicted octanol–water partition coefficient (Wildman–Crippen LogP) is 6.63. The van der Waals surface area contributed by atoms with Crippen molar-refractivity contribution < 1.29 is 19.8 Å². The zero-order valence-electron chi connectivity index (χ0n) is 16.0. The molecule has 1 unspecified atom stereocenters. The molecule has 5 nitrogen and oxygen atoms in total. The minimum absolute atomic E-state index is 0.0266. The molecule has 1 atom stereocenters. The number of nitrogens with zero attached hydrogens (tertiary/aromatic N) is 1. The maximum atomic E-state index is 13.1. The van der Waals surface area contributed by atoms with Gasteiger partial charge in [-0.2, -0.15) is 0 Å². The van der Waals surface area contributed by atoms with E-state index in [1.807, 2.05) is 0 Å². The molecule has 32 heavy (non-hydrogen) atoms. The fraction of sp³-hybridized carbons (Fsp3) is 0.0435. The fourth-order valence-electron chi connectivity index (χ4n) is 3.51. The molecule has 0 aromatic heterocycles. The minimum atomic E-state index is -1.02. The van der Waals surface area contributed by atoms with E-state index < -0.39 is 23.5 Å². The number of aliphatic hydroxyl groups is 1. The molecule has 0 spiro atoms. The average Bonchev–Trinajstić information content (AvgIpc) is 3.03. The van der Waals surface area contributed by atoms with E-state index in [1.165, 1.54) is 41.3 Å². The summed E-state index contributed by atoms with van der Waals surface area (Å²) >= 11 is 24.1. The standard InChI is InChI=1S/C23H13Cl4NO4/c24-13-3-5-14(6-4-13)28-20(11-2-8-18(29)17(27)9-11)19(22(31)23(28)32)21(30)12-1-7-15(25)16(26)10-12/h1-10,20,29-30H/b21-19-. The van der Waals surface area contributed by atoms with E-state index in [-0.39, 0.29) is 32.0 Å². The van der Waals surface area contributed by atoms with Crippen LogP contribution in [-0.4, -0.2) is 21.9 Å². The number of anilines is 1. The molecule has 1 aliphatic heterocycles. The van der Waals surface area contributed by atoms with Gasteiger partial charge < -0.3 is 10.2 Å². The number of hydrogen-bond acceptors (Lipinski definition) is 4. The zero-order chi connectivity index (χ0) is 23.2. The van der Waals surface area contributed by atoms with Crippen molar-refractivity contribution >= 4 is 69.5 Å². The Hall–Kier alpha value is -2.70. The van der Waals surface area contributed by atoms with Gasteiger partial charge in [0.2, 0.25) is 0 Å². The van der Waals surface area contributed by atoms with E-state index in [0.29, 0.717) is 16.3 Å². The lowest BCUT2D eigenvalue weighted by Crippen LogP contribution is -2.29. The molecule has 3 aromatic carbocycles. The van der Waals surface area contributed by atoms with E-state index in [4.69, 9.17) is 46.4 Å². The third kappa shape index (κ3) is 3.93. The Balaban J connectivity index is 1.97. The van der Waals surface area contributed by atoms with Gasteiger partial charge in [-0.15, -0.1) is 0 Å². The van der Waals surface area contributed by atoms with Gasteiger partial charge in [0, 0.05) is 16.3 Å². The van der Waals surface area contributed by atoms with E-state index in [0.717, 1.165) is 0 Å². The summed E-state index contributed by atoms with van der Waals surface area (Å²) in [5, 5.41) is 21.8. The molecule has 4 rings (SSSR count). The highest BCUT2D eigenvalue weighted by Gasteiger charge is 2.47. The largest absolute Gasteiger partial charge is 0.507 e. The number of phenolic OH excluding ortho intramolecular Hbond substituents is 1. The van der Waals surface area contributed by atoms with E-state index >= 15 is 0 Å². The van der Waals surface area contributed by atoms with Crippen LogP contribution in [0, 0.1) is 0 Å². The maximum Gasteiger partial charge on any atom is 0.300 e. The third-order valence-electron chi connectivity index (χ3n) is 5.03. The van der Waals surface area contributed by atoms with Crippen molar-refractivity contribution in [1.29, 1.82) is 0 Å². The Kier molecular flexibility index (Phi) is 6.10. The van der Waals surface area contributed by atoms with Crippen LogP contribution in [0.3, 0.4) is 0 Å². The highest BCUT2D eigenvalue weighted by molar-refractivity contribution is 6.52. The van der Waals surface area contributed by atoms with Gasteiger partial charge in [-0.1, -0.05) is 52.5 Å². The number of Topliss-reactive ketones (excluding diaryl/α,β-unsaturated/α-hetero) is 1. The SMILES string of the molecule is O=C1C(=O)N(c2ccc(Cl)cc2)C(c2ccc(O)c(Cl)c2)/C1=C(/O)c1ccc(Cl)c(Cl)c1. The first-order valence-corrected chi connectivity index (χ1v) is 10.7. The second-order valence-electron chi connectivity index (χ2n) is 6.99. The van der Waals surface area contributed by atoms with Crippen LogP contribution in [0.15, 0.2) is 66.2 Å². The summed E-state index contributed by atoms with van der Waals surface area (Å²) in [6, 6.07) is 14.0. The number of phenols is 1. The lowest BCUT2D eigenvalue weighted by molar-refractivity contribution is -0.132. The number of carbonyl (C=O) groups is 2. The number of ketones is 1. The van der Waals surface area contributed by atoms with Crippen LogP contribution in [0.25, 0.3) is 5.76 Å². The minimum Gasteiger partial charge on any atom is -0.507 e. The normalized spacial score (nSPS) is 17.8. The molecule has 2 N–H and O–H groups in total. The summed E-state index contributed by atoms with van der Waals surface area (Å²) in [7, 11) is 0. The number of aromatic hydroxyl groups is 1. The highest BCUT2D eigenvalue weighted by atomic mass is 35.5. The zero-order valence-corrected chi connectivity index (χ0v) is 19.0. The summed E-state index contributed by atoms with van der Waals surface area (Å²) in [6.07, 6.45) is 0. The van der Waals surface area contributed by atoms with Crippen LogP contribution in [0.1, 0.15) is 17.2 Å². The topological polar surface area (TPSA) is 77.8 Å². The first-order valence-electron chi connectivity index (χ1n) is 9.19. The molecule has 1 amide bonds. The van der Waals surface area contributed by atoms with Gasteiger partial charge in [-0.25, -0.2) is 0 Å². The first kappa shape index (κ1) is 22.5. The monoisotopic (exact) mass is 507 g/mol. The molecule has 0 aliphatic carbocycles. The summed E-state index contributed by atoms with van der Waals surface area (Å²) in [4.78, 5) is 27.4. The van der Waals surface area contributed by atoms with Crippen molar-refractivity contribution in [3.63, 3.8) is 0 Å². The molecule has 0 saturated carbocycles. The van der Waals surface area contributed by atoms with Crippen LogP contribution >= 0.6 is 46.4 Å². The Labute approximate surface area is 203 Å². The van der Waals surface area contributed by atoms with E-state index in [1.54, 1.807) is 24.3 Å². The predicted molar refractivity (Wildman–Crippen MR) is 126 cm³/mol. The van der Waals surface area contributed by atoms with Crippen LogP contribution in [-0.2, 0) is 9.59 Å². The van der Waals surface area contributed by atoms with Gasteiger partial charge in [0.1, 0.15) is 11.5 Å². The number of benzene rings is 3. The number of halogens is 4. The fourth-order valence-corrected chi connectivity index (χ4v) is 4.12. The Bertz CT molecular complexity index is 1290. The van der Waals surface area contributed by atoms with Gasteiger partial charge >= 0.3 is 0 Å². The molecule has 1 aliphatic rings. The Morgan fingerprint density at radius 1 is 0.812 bits per heavy atom. The molecule has 9 heteroatoms. The summed E-state index contributed by atoms with van der Waals surface area (Å²) in [6.45, 7) is 0. The molecular formula is C23H13Cl4NO4. The highest BCUT2D eigenvalue weighted by Crippen LogP contribution is 2.44. The second-order valence-corrected chi connectivity index (χ2v) is 8.64. The van der Waals surface area contributed by atoms with Crippen LogP contribution in [0.4, 0.5) is 5.69 Å². The Morgan fingerprint density at radius 2 is 1.50 bits per heavy atom. The van der Waals surface area contributed by atoms with Crippen molar-refractivity contribution in [2.24, 2.45) is 0 Å². The van der Waals surface area contributed by atoms with Gasteiger partial charge in [-0.3, -0.25) is 14.5 Å². The van der Waals surface area contributed by atoms with Crippen LogP contribution < -0.4 is 4.90 Å². The maximum absolute atomic E-state index is 13.1. The second kappa shape index (κ2) is 8.68. The molecular weight excluding hydrogens is 496 g/mol. The third-order valence-corrected chi connectivity index (χ3v) is 6.32. The van der Waals surface area contributed by atoms with E-state index in [2.05, 4.69) is 0 Å². The molecule has 0 bridgehead atoms. The van der Waals surface area contributed by atoms with Gasteiger partial charge in [0.15, 0.2) is 0 Å². The molecule has 1 saturated heterocycles. The molecule has 3 aromatic rings. The van der Waals surface area contributed by atoms with Crippen molar-refractivity contribution in [2.45, 2.75) is 6.04 Å². The first-order chi connectivity index (χ1) is 15.2. The summed E-state index contributed by atoms with van der Waals surface area (Å²) < 4.78 is 0. The van der Waals surface area contributed by atoms with E-state index in [9.17, 15) is 19.8 Å². The lowest BCUT2D eigenvalue weighted by atomic mass is 9.95. The number of rotatable bonds is 3. The van der Waals surface area contributed by atoms with Gasteiger partial charge in [0.05, 0.1) is 26.7 Å². The summed E-state index contributed by atoms with van der Waals surface area (Å²) in [5.41, 5.74) is 0.843. The van der Waals surface area contributed by atoms with Crippen molar-refractivity contribution in [1.82, 2.24) is 0 Å². The molecule has 1 heterocycles. The average molecular weight is 509 g/mol. The lowest BCUT2D eigenvalue weighted by Gasteiger charge is -2.25. The van der Waals surface area contributed by atoms with Gasteiger partial charge in [-0.05, 0) is 60.2 Å². The quantitative estimate of drug-likeness (QED) is 0.236. The summed E-state index contributed by atoms with van der Waals surface area (Å²) in [5.74, 6) is -2.32. The van der Waals surface area contributed by atoms with Crippen molar-refractivity contribution in [2.75, 3.05) is 4.90 Å². The number of carbonyl (C=O) groups excluding carboxylic acids is 2. The van der Waals surface area contributed by atoms with Crippen LogP contribution in [0.2, 0.25) is 20.1 Å². The van der Waals surface area contributed by atoms with Crippen molar-refractivity contribution in [3.8, 4) is 5.75 Å². The number of aliphatic hydroxyl groups excluding tert-OH is 1. The smallest absolute Gasteiger partial charge is 0.300 e. The molecule has 1 fully saturated rings.